The number of hydrogen-bond acceptors (Lipinski definition) is 1. The van der Waals surface area contributed by atoms with Gasteiger partial charge in [0.15, 0.2) is 0 Å². The predicted octanol–water partition coefficient (Wildman–Crippen LogP) is 2.43. The largest absolute Gasteiger partial charge is 0.386 e. The lowest BCUT2D eigenvalue weighted by atomic mass is 10.3. The minimum absolute atomic E-state index is 0. The Kier molecular flexibility index (Phi) is 3.82. The summed E-state index contributed by atoms with van der Waals surface area (Å²) in [4.78, 5) is 0. The van der Waals surface area contributed by atoms with Crippen molar-refractivity contribution in [3.63, 3.8) is 0 Å². The normalized spacial score (nSPS) is 8.64. The monoisotopic (exact) mass is 179 g/mol. The first-order chi connectivity index (χ1) is 4.74. The summed E-state index contributed by atoms with van der Waals surface area (Å²) < 4.78 is 24.9. The van der Waals surface area contributed by atoms with Gasteiger partial charge in [0, 0.05) is 7.05 Å². The van der Waals surface area contributed by atoms with Crippen LogP contribution in [0, 0.1) is 11.6 Å². The van der Waals surface area contributed by atoms with E-state index in [4.69, 9.17) is 0 Å². The third-order valence-electron chi connectivity index (χ3n) is 1.20. The minimum Gasteiger partial charge on any atom is -0.386 e. The van der Waals surface area contributed by atoms with Gasteiger partial charge in [-0.15, -0.1) is 12.4 Å². The molecule has 0 saturated heterocycles. The average molecular weight is 180 g/mol. The zero-order valence-corrected chi connectivity index (χ0v) is 6.71. The fourth-order valence-electron chi connectivity index (χ4n) is 0.689. The Morgan fingerprint density at radius 3 is 2.36 bits per heavy atom. The van der Waals surface area contributed by atoms with Gasteiger partial charge in [0.2, 0.25) is 0 Å². The van der Waals surface area contributed by atoms with Gasteiger partial charge in [-0.05, 0) is 18.2 Å². The minimum atomic E-state index is -0.441. The van der Waals surface area contributed by atoms with E-state index in [1.165, 1.54) is 7.05 Å². The maximum atomic E-state index is 12.5. The number of nitrogens with one attached hydrogen (secondary N) is 1. The first kappa shape index (κ1) is 10.2. The average Bonchev–Trinajstić information content (AvgIpc) is 1.94. The van der Waals surface area contributed by atoms with Gasteiger partial charge in [0.05, 0.1) is 5.69 Å². The van der Waals surface area contributed by atoms with Crippen LogP contribution >= 0.6 is 12.4 Å². The summed E-state index contributed by atoms with van der Waals surface area (Å²) in [5, 5.41) is 2.52. The molecule has 0 unspecified atom stereocenters. The molecule has 0 aliphatic heterocycles. The Morgan fingerprint density at radius 1 is 1.27 bits per heavy atom. The van der Waals surface area contributed by atoms with Crippen molar-refractivity contribution in [3.8, 4) is 0 Å². The highest BCUT2D eigenvalue weighted by atomic mass is 35.5. The molecule has 0 saturated carbocycles. The third kappa shape index (κ3) is 2.35. The number of halogens is 3. The lowest BCUT2D eigenvalue weighted by Gasteiger charge is -1.99. The standard InChI is InChI=1S/C7H7F2N.ClH/c1-10-7-4-5(8)2-3-6(7)9;/h2-4,10H,1H3;1H. The van der Waals surface area contributed by atoms with Crippen LogP contribution < -0.4 is 5.32 Å². The molecule has 4 heteroatoms. The molecule has 1 aromatic rings. The highest BCUT2D eigenvalue weighted by molar-refractivity contribution is 5.85. The summed E-state index contributed by atoms with van der Waals surface area (Å²) in [6.45, 7) is 0. The topological polar surface area (TPSA) is 12.0 Å². The van der Waals surface area contributed by atoms with Crippen LogP contribution in [0.3, 0.4) is 0 Å². The quantitative estimate of drug-likeness (QED) is 0.698. The lowest BCUT2D eigenvalue weighted by molar-refractivity contribution is 0.603. The molecule has 0 bridgehead atoms. The van der Waals surface area contributed by atoms with Crippen molar-refractivity contribution in [1.82, 2.24) is 0 Å². The molecule has 0 aliphatic carbocycles. The second kappa shape index (κ2) is 4.13. The van der Waals surface area contributed by atoms with E-state index >= 15 is 0 Å². The molecular weight excluding hydrogens is 172 g/mol. The first-order valence-electron chi connectivity index (χ1n) is 2.87. The Balaban J connectivity index is 0.000001000. The van der Waals surface area contributed by atoms with Gasteiger partial charge in [-0.1, -0.05) is 0 Å². The van der Waals surface area contributed by atoms with Crippen molar-refractivity contribution in [1.29, 1.82) is 0 Å². The van der Waals surface area contributed by atoms with Crippen molar-refractivity contribution in [3.05, 3.63) is 29.8 Å². The lowest BCUT2D eigenvalue weighted by Crippen LogP contribution is -1.92. The van der Waals surface area contributed by atoms with Crippen LogP contribution in [-0.2, 0) is 0 Å². The van der Waals surface area contributed by atoms with E-state index < -0.39 is 11.6 Å². The zero-order chi connectivity index (χ0) is 7.56. The number of benzene rings is 1. The molecule has 1 aromatic carbocycles. The number of hydrogen-bond donors (Lipinski definition) is 1. The fourth-order valence-corrected chi connectivity index (χ4v) is 0.689. The summed E-state index contributed by atoms with van der Waals surface area (Å²) in [6.07, 6.45) is 0. The maximum Gasteiger partial charge on any atom is 0.146 e. The van der Waals surface area contributed by atoms with Crippen LogP contribution in [0.2, 0.25) is 0 Å². The summed E-state index contributed by atoms with van der Waals surface area (Å²) in [6, 6.07) is 3.27. The van der Waals surface area contributed by atoms with E-state index in [-0.39, 0.29) is 18.1 Å². The van der Waals surface area contributed by atoms with Crippen molar-refractivity contribution in [2.45, 2.75) is 0 Å². The molecular formula is C7H8ClF2N. The number of anilines is 1. The molecule has 0 aromatic heterocycles. The maximum absolute atomic E-state index is 12.5. The molecule has 1 rings (SSSR count). The molecule has 0 fully saturated rings. The highest BCUT2D eigenvalue weighted by Crippen LogP contribution is 2.13. The molecule has 0 spiro atoms. The summed E-state index contributed by atoms with van der Waals surface area (Å²) in [5.74, 6) is -0.880. The Bertz CT molecular complexity index is 240. The van der Waals surface area contributed by atoms with Crippen LogP contribution in [0.1, 0.15) is 0 Å². The molecule has 62 valence electrons. The Labute approximate surface area is 69.8 Å². The van der Waals surface area contributed by atoms with Crippen molar-refractivity contribution in [2.24, 2.45) is 0 Å². The smallest absolute Gasteiger partial charge is 0.146 e. The van der Waals surface area contributed by atoms with Crippen LogP contribution in [0.5, 0.6) is 0 Å². The Hall–Kier alpha value is -0.830. The summed E-state index contributed by atoms with van der Waals surface area (Å²) in [7, 11) is 1.54. The molecule has 0 radical (unpaired) electrons. The first-order valence-corrected chi connectivity index (χ1v) is 2.87. The SMILES string of the molecule is CNc1cc(F)ccc1F.Cl. The van der Waals surface area contributed by atoms with Crippen LogP contribution in [0.15, 0.2) is 18.2 Å². The third-order valence-corrected chi connectivity index (χ3v) is 1.20. The van der Waals surface area contributed by atoms with Gasteiger partial charge < -0.3 is 5.32 Å². The van der Waals surface area contributed by atoms with E-state index in [9.17, 15) is 8.78 Å². The zero-order valence-electron chi connectivity index (χ0n) is 5.90. The van der Waals surface area contributed by atoms with Gasteiger partial charge in [-0.2, -0.15) is 0 Å². The van der Waals surface area contributed by atoms with E-state index in [2.05, 4.69) is 5.32 Å². The second-order valence-corrected chi connectivity index (χ2v) is 1.87. The second-order valence-electron chi connectivity index (χ2n) is 1.87. The van der Waals surface area contributed by atoms with E-state index in [0.29, 0.717) is 0 Å². The number of rotatable bonds is 1. The van der Waals surface area contributed by atoms with E-state index in [1.807, 2.05) is 0 Å². The summed E-state index contributed by atoms with van der Waals surface area (Å²) in [5.41, 5.74) is 0.181. The van der Waals surface area contributed by atoms with Crippen LogP contribution in [0.25, 0.3) is 0 Å². The van der Waals surface area contributed by atoms with Gasteiger partial charge in [-0.3, -0.25) is 0 Å². The fraction of sp³-hybridized carbons (Fsp3) is 0.143. The van der Waals surface area contributed by atoms with Crippen molar-refractivity contribution < 1.29 is 8.78 Å². The van der Waals surface area contributed by atoms with E-state index in [0.717, 1.165) is 18.2 Å². The molecule has 1 nitrogen and oxygen atoms in total. The van der Waals surface area contributed by atoms with E-state index in [1.54, 1.807) is 0 Å². The van der Waals surface area contributed by atoms with Crippen molar-refractivity contribution in [2.75, 3.05) is 12.4 Å². The van der Waals surface area contributed by atoms with Gasteiger partial charge in [0.1, 0.15) is 11.6 Å². The Morgan fingerprint density at radius 2 is 1.91 bits per heavy atom. The molecule has 0 amide bonds. The van der Waals surface area contributed by atoms with Crippen LogP contribution in [0.4, 0.5) is 14.5 Å². The molecule has 11 heavy (non-hydrogen) atoms. The molecule has 0 heterocycles. The summed E-state index contributed by atoms with van der Waals surface area (Å²) >= 11 is 0. The predicted molar refractivity (Wildman–Crippen MR) is 43.2 cm³/mol. The molecule has 0 atom stereocenters. The van der Waals surface area contributed by atoms with Crippen LogP contribution in [-0.4, -0.2) is 7.05 Å². The van der Waals surface area contributed by atoms with Gasteiger partial charge in [-0.25, -0.2) is 8.78 Å². The molecule has 0 aliphatic rings. The molecule has 1 N–H and O–H groups in total. The highest BCUT2D eigenvalue weighted by Gasteiger charge is 1.99. The van der Waals surface area contributed by atoms with Crippen molar-refractivity contribution >= 4 is 18.1 Å². The van der Waals surface area contributed by atoms with Gasteiger partial charge in [0.25, 0.3) is 0 Å². The van der Waals surface area contributed by atoms with Gasteiger partial charge >= 0.3 is 0 Å².